The number of hydrogen-bond acceptors (Lipinski definition) is 4. The zero-order valence-electron chi connectivity index (χ0n) is 17.0. The Kier molecular flexibility index (Phi) is 5.08. The Labute approximate surface area is 180 Å². The summed E-state index contributed by atoms with van der Waals surface area (Å²) in [4.78, 5) is 33.6. The molecule has 0 N–H and O–H groups in total. The van der Waals surface area contributed by atoms with Crippen molar-refractivity contribution in [3.63, 3.8) is 0 Å². The first-order valence-electron chi connectivity index (χ1n) is 10.5. The Bertz CT molecular complexity index is 1110. The minimum atomic E-state index is -0.438. The molecule has 0 aliphatic carbocycles. The summed E-state index contributed by atoms with van der Waals surface area (Å²) in [5.41, 5.74) is 4.03. The topological polar surface area (TPSA) is 59.0 Å². The van der Waals surface area contributed by atoms with E-state index in [-0.39, 0.29) is 17.9 Å². The zero-order valence-corrected chi connectivity index (χ0v) is 17.0. The number of nitrogens with zero attached hydrogens (tertiary/aromatic N) is 2. The molecule has 154 valence electrons. The summed E-state index contributed by atoms with van der Waals surface area (Å²) in [6.07, 6.45) is 1.42. The third kappa shape index (κ3) is 3.75. The van der Waals surface area contributed by atoms with Gasteiger partial charge in [0.15, 0.2) is 6.10 Å². The first kappa shape index (κ1) is 19.2. The molecule has 5 rings (SSSR count). The molecule has 5 nitrogen and oxygen atoms in total. The van der Waals surface area contributed by atoms with Crippen molar-refractivity contribution in [3.8, 4) is 0 Å². The average molecular weight is 410 g/mol. The molecule has 0 saturated carbocycles. The van der Waals surface area contributed by atoms with Gasteiger partial charge in [0.25, 0.3) is 11.8 Å². The smallest absolute Gasteiger partial charge is 0.261 e. The molecule has 0 fully saturated rings. The summed E-state index contributed by atoms with van der Waals surface area (Å²) in [5.74, 6) is -0.525. The van der Waals surface area contributed by atoms with Crippen molar-refractivity contribution in [2.24, 2.45) is 5.16 Å². The predicted molar refractivity (Wildman–Crippen MR) is 118 cm³/mol. The van der Waals surface area contributed by atoms with Crippen molar-refractivity contribution in [3.05, 3.63) is 107 Å². The number of fused-ring (bicyclic) bond motifs is 1. The van der Waals surface area contributed by atoms with Crippen LogP contribution < -0.4 is 0 Å². The molecule has 0 radical (unpaired) electrons. The van der Waals surface area contributed by atoms with Crippen LogP contribution in [0.25, 0.3) is 0 Å². The highest BCUT2D eigenvalue weighted by Crippen LogP contribution is 2.30. The van der Waals surface area contributed by atoms with Crippen LogP contribution in [0.5, 0.6) is 0 Å². The minimum Gasteiger partial charge on any atom is -0.390 e. The summed E-state index contributed by atoms with van der Waals surface area (Å²) in [6, 6.07) is 26.5. The van der Waals surface area contributed by atoms with E-state index in [1.807, 2.05) is 48.5 Å². The molecule has 0 bridgehead atoms. The predicted octanol–water partition coefficient (Wildman–Crippen LogP) is 4.28. The maximum absolute atomic E-state index is 13.2. The number of amides is 2. The molecular formula is C26H22N2O3. The third-order valence-corrected chi connectivity index (χ3v) is 5.88. The van der Waals surface area contributed by atoms with Crippen LogP contribution >= 0.6 is 0 Å². The van der Waals surface area contributed by atoms with Crippen molar-refractivity contribution < 1.29 is 14.4 Å². The number of oxime groups is 1. The van der Waals surface area contributed by atoms with Crippen LogP contribution in [0.4, 0.5) is 0 Å². The monoisotopic (exact) mass is 410 g/mol. The molecule has 5 heteroatoms. The normalized spacial score (nSPS) is 18.5. The lowest BCUT2D eigenvalue weighted by Crippen LogP contribution is -2.48. The van der Waals surface area contributed by atoms with Gasteiger partial charge in [-0.2, -0.15) is 0 Å². The SMILES string of the molecule is O=C1c2ccccc2C(=O)N1C(Cc1ccccc1)C1CC(Cc2ccccc2)=NO1. The zero-order chi connectivity index (χ0) is 21.2. The summed E-state index contributed by atoms with van der Waals surface area (Å²) < 4.78 is 0. The van der Waals surface area contributed by atoms with Crippen molar-refractivity contribution in [1.82, 2.24) is 4.90 Å². The van der Waals surface area contributed by atoms with Gasteiger partial charge in [-0.3, -0.25) is 14.5 Å². The molecule has 2 unspecified atom stereocenters. The summed E-state index contributed by atoms with van der Waals surface area (Å²) in [6.45, 7) is 0. The van der Waals surface area contributed by atoms with Crippen LogP contribution in [-0.4, -0.2) is 34.6 Å². The van der Waals surface area contributed by atoms with E-state index >= 15 is 0 Å². The number of hydrogen-bond donors (Lipinski definition) is 0. The second kappa shape index (κ2) is 8.19. The van der Waals surface area contributed by atoms with Crippen LogP contribution in [0, 0.1) is 0 Å². The minimum absolute atomic E-state index is 0.262. The molecule has 2 aliphatic heterocycles. The molecule has 2 atom stereocenters. The van der Waals surface area contributed by atoms with Crippen LogP contribution in [0.3, 0.4) is 0 Å². The maximum atomic E-state index is 13.2. The van der Waals surface area contributed by atoms with Crippen LogP contribution in [0.1, 0.15) is 38.3 Å². The molecule has 0 aromatic heterocycles. The van der Waals surface area contributed by atoms with Crippen molar-refractivity contribution >= 4 is 17.5 Å². The summed E-state index contributed by atoms with van der Waals surface area (Å²) in [7, 11) is 0. The molecule has 2 amide bonds. The van der Waals surface area contributed by atoms with E-state index in [0.717, 1.165) is 16.8 Å². The van der Waals surface area contributed by atoms with Gasteiger partial charge in [-0.15, -0.1) is 0 Å². The Morgan fingerprint density at radius 3 is 1.97 bits per heavy atom. The van der Waals surface area contributed by atoms with E-state index in [1.54, 1.807) is 24.3 Å². The van der Waals surface area contributed by atoms with E-state index in [1.165, 1.54) is 4.90 Å². The molecule has 0 spiro atoms. The fourth-order valence-corrected chi connectivity index (χ4v) is 4.34. The van der Waals surface area contributed by atoms with Crippen molar-refractivity contribution in [1.29, 1.82) is 0 Å². The van der Waals surface area contributed by atoms with E-state index in [0.29, 0.717) is 30.4 Å². The largest absolute Gasteiger partial charge is 0.390 e. The quantitative estimate of drug-likeness (QED) is 0.570. The van der Waals surface area contributed by atoms with Crippen LogP contribution in [-0.2, 0) is 17.7 Å². The second-order valence-corrected chi connectivity index (χ2v) is 7.95. The lowest BCUT2D eigenvalue weighted by atomic mass is 9.95. The highest BCUT2D eigenvalue weighted by atomic mass is 16.6. The van der Waals surface area contributed by atoms with E-state index in [9.17, 15) is 9.59 Å². The highest BCUT2D eigenvalue weighted by molar-refractivity contribution is 6.21. The number of imide groups is 1. The first-order chi connectivity index (χ1) is 15.2. The molecule has 0 saturated heterocycles. The average Bonchev–Trinajstić information content (AvgIpc) is 3.37. The Hall–Kier alpha value is -3.73. The fraction of sp³-hybridized carbons (Fsp3) is 0.192. The van der Waals surface area contributed by atoms with E-state index in [4.69, 9.17) is 4.84 Å². The molecule has 2 aliphatic rings. The number of rotatable bonds is 6. The maximum Gasteiger partial charge on any atom is 0.261 e. The van der Waals surface area contributed by atoms with Gasteiger partial charge >= 0.3 is 0 Å². The first-order valence-corrected chi connectivity index (χ1v) is 10.5. The van der Waals surface area contributed by atoms with Crippen molar-refractivity contribution in [2.75, 3.05) is 0 Å². The summed E-state index contributed by atoms with van der Waals surface area (Å²) >= 11 is 0. The Morgan fingerprint density at radius 1 is 0.806 bits per heavy atom. The van der Waals surface area contributed by atoms with Crippen LogP contribution in [0.15, 0.2) is 90.1 Å². The van der Waals surface area contributed by atoms with Gasteiger partial charge in [0.2, 0.25) is 0 Å². The molecule has 31 heavy (non-hydrogen) atoms. The second-order valence-electron chi connectivity index (χ2n) is 7.95. The van der Waals surface area contributed by atoms with Gasteiger partial charge in [0.1, 0.15) is 0 Å². The number of carbonyl (C=O) groups excluding carboxylic acids is 2. The third-order valence-electron chi connectivity index (χ3n) is 5.88. The molecule has 3 aromatic carbocycles. The van der Waals surface area contributed by atoms with Gasteiger partial charge in [-0.05, 0) is 29.7 Å². The standard InChI is InChI=1S/C26H22N2O3/c29-25-21-13-7-8-14-22(21)26(30)28(25)23(16-19-11-5-2-6-12-19)24-17-20(27-31-24)15-18-9-3-1-4-10-18/h1-14,23-24H,15-17H2. The highest BCUT2D eigenvalue weighted by Gasteiger charge is 2.45. The number of benzene rings is 3. The molecule has 3 aromatic rings. The lowest BCUT2D eigenvalue weighted by Gasteiger charge is -2.29. The van der Waals surface area contributed by atoms with Crippen molar-refractivity contribution in [2.45, 2.75) is 31.4 Å². The van der Waals surface area contributed by atoms with Gasteiger partial charge in [0, 0.05) is 12.8 Å². The van der Waals surface area contributed by atoms with Gasteiger partial charge in [-0.25, -0.2) is 0 Å². The summed E-state index contributed by atoms with van der Waals surface area (Å²) in [5, 5.41) is 4.31. The Morgan fingerprint density at radius 2 is 1.35 bits per heavy atom. The van der Waals surface area contributed by atoms with Crippen LogP contribution in [0.2, 0.25) is 0 Å². The fourth-order valence-electron chi connectivity index (χ4n) is 4.34. The molecule has 2 heterocycles. The van der Waals surface area contributed by atoms with E-state index in [2.05, 4.69) is 17.3 Å². The van der Waals surface area contributed by atoms with Gasteiger partial charge in [0.05, 0.1) is 22.9 Å². The lowest BCUT2D eigenvalue weighted by molar-refractivity contribution is 0.0117. The van der Waals surface area contributed by atoms with E-state index < -0.39 is 6.04 Å². The Balaban J connectivity index is 1.41. The van der Waals surface area contributed by atoms with Gasteiger partial charge < -0.3 is 4.84 Å². The van der Waals surface area contributed by atoms with Gasteiger partial charge in [-0.1, -0.05) is 78.0 Å². The number of carbonyl (C=O) groups is 2. The molecular weight excluding hydrogens is 388 g/mol.